The Morgan fingerprint density at radius 2 is 0.861 bits per heavy atom. The summed E-state index contributed by atoms with van der Waals surface area (Å²) in [7, 11) is 0. The highest BCUT2D eigenvalue weighted by atomic mass is 16.5. The van der Waals surface area contributed by atoms with Crippen LogP contribution in [0.1, 0.15) is 46.2 Å². The monoisotopic (exact) mass is 482 g/mol. The van der Waals surface area contributed by atoms with Gasteiger partial charge in [-0.1, -0.05) is 31.2 Å². The van der Waals surface area contributed by atoms with Crippen LogP contribution in [0.5, 0.6) is 23.0 Å². The average Bonchev–Trinajstić information content (AvgIpc) is 2.80. The third-order valence-corrected chi connectivity index (χ3v) is 6.46. The first-order chi connectivity index (χ1) is 17.0. The van der Waals surface area contributed by atoms with E-state index in [1.54, 1.807) is 36.4 Å². The molecular formula is C30H34N4O2. The molecule has 0 aliphatic carbocycles. The first kappa shape index (κ1) is 24.8. The fourth-order valence-corrected chi connectivity index (χ4v) is 4.52. The first-order valence-corrected chi connectivity index (χ1v) is 11.9. The molecule has 0 heterocycles. The number of nitrogen functional groups attached to an aromatic ring is 4. The summed E-state index contributed by atoms with van der Waals surface area (Å²) >= 11 is 0. The molecule has 0 unspecified atom stereocenters. The lowest BCUT2D eigenvalue weighted by Crippen LogP contribution is -2.03. The largest absolute Gasteiger partial charge is 0.455 e. The molecule has 4 aromatic carbocycles. The predicted molar refractivity (Wildman–Crippen MR) is 150 cm³/mol. The Bertz CT molecular complexity index is 1290. The van der Waals surface area contributed by atoms with Crippen molar-refractivity contribution < 1.29 is 9.47 Å². The van der Waals surface area contributed by atoms with Crippen molar-refractivity contribution in [1.82, 2.24) is 0 Å². The van der Waals surface area contributed by atoms with Crippen LogP contribution in [0, 0.1) is 27.7 Å². The molecule has 0 atom stereocenters. The van der Waals surface area contributed by atoms with Gasteiger partial charge in [-0.2, -0.15) is 0 Å². The minimum absolute atomic E-state index is 0.172. The molecule has 4 aromatic rings. The maximum absolute atomic E-state index is 6.18. The van der Waals surface area contributed by atoms with Gasteiger partial charge in [0.15, 0.2) is 0 Å². The first-order valence-electron chi connectivity index (χ1n) is 11.9. The number of benzene rings is 4. The predicted octanol–water partition coefficient (Wildman–Crippen LogP) is 6.99. The van der Waals surface area contributed by atoms with E-state index in [4.69, 9.17) is 32.4 Å². The van der Waals surface area contributed by atoms with Crippen LogP contribution >= 0.6 is 0 Å². The second kappa shape index (κ2) is 9.74. The molecule has 0 bridgehead atoms. The normalized spacial score (nSPS) is 11.1. The standard InChI is InChI=1S/C30H34N4O2/c1-16-10-21(11-17(2)29(16)35-27-8-6-23(31)14-25(27)33)20(5)22-12-18(3)30(19(4)13-22)36-28-9-7-24(32)15-26(28)34/h6-15,20H,31-34H2,1-5H3. The van der Waals surface area contributed by atoms with Crippen molar-refractivity contribution in [2.24, 2.45) is 0 Å². The van der Waals surface area contributed by atoms with Crippen LogP contribution in [0.25, 0.3) is 0 Å². The van der Waals surface area contributed by atoms with Crippen LogP contribution in [-0.2, 0) is 0 Å². The molecule has 0 spiro atoms. The van der Waals surface area contributed by atoms with Crippen LogP contribution < -0.4 is 32.4 Å². The van der Waals surface area contributed by atoms with Crippen LogP contribution in [0.3, 0.4) is 0 Å². The Morgan fingerprint density at radius 3 is 1.17 bits per heavy atom. The zero-order chi connectivity index (χ0) is 26.1. The molecule has 0 aliphatic rings. The number of aryl methyl sites for hydroxylation is 4. The van der Waals surface area contributed by atoms with E-state index < -0.39 is 0 Å². The number of hydrogen-bond acceptors (Lipinski definition) is 6. The highest BCUT2D eigenvalue weighted by Crippen LogP contribution is 2.39. The summed E-state index contributed by atoms with van der Waals surface area (Å²) < 4.78 is 12.4. The highest BCUT2D eigenvalue weighted by Gasteiger charge is 2.17. The van der Waals surface area contributed by atoms with Gasteiger partial charge < -0.3 is 32.4 Å². The van der Waals surface area contributed by atoms with Crippen molar-refractivity contribution >= 4 is 22.7 Å². The van der Waals surface area contributed by atoms with Gasteiger partial charge >= 0.3 is 0 Å². The fourth-order valence-electron chi connectivity index (χ4n) is 4.52. The van der Waals surface area contributed by atoms with Gasteiger partial charge in [0.05, 0.1) is 11.4 Å². The number of rotatable bonds is 6. The summed E-state index contributed by atoms with van der Waals surface area (Å²) in [6, 6.07) is 19.3. The quantitative estimate of drug-likeness (QED) is 0.220. The van der Waals surface area contributed by atoms with E-state index in [0.717, 1.165) is 33.8 Å². The van der Waals surface area contributed by atoms with Gasteiger partial charge in [0.1, 0.15) is 23.0 Å². The summed E-state index contributed by atoms with van der Waals surface area (Å²) in [6.07, 6.45) is 0. The molecule has 4 rings (SSSR count). The van der Waals surface area contributed by atoms with E-state index in [0.29, 0.717) is 34.2 Å². The minimum atomic E-state index is 0.172. The second-order valence-electron chi connectivity index (χ2n) is 9.49. The maximum atomic E-state index is 6.18. The third kappa shape index (κ3) is 5.03. The van der Waals surface area contributed by atoms with Crippen LogP contribution in [0.2, 0.25) is 0 Å². The average molecular weight is 483 g/mol. The van der Waals surface area contributed by atoms with Gasteiger partial charge in [-0.25, -0.2) is 0 Å². The summed E-state index contributed by atoms with van der Waals surface area (Å²) in [5, 5.41) is 0. The van der Waals surface area contributed by atoms with E-state index in [1.807, 2.05) is 0 Å². The zero-order valence-electron chi connectivity index (χ0n) is 21.5. The van der Waals surface area contributed by atoms with Crippen molar-refractivity contribution in [3.8, 4) is 23.0 Å². The van der Waals surface area contributed by atoms with E-state index in [9.17, 15) is 0 Å². The molecule has 0 amide bonds. The number of ether oxygens (including phenoxy) is 2. The number of hydrogen-bond donors (Lipinski definition) is 4. The molecule has 0 radical (unpaired) electrons. The van der Waals surface area contributed by atoms with Gasteiger partial charge in [0.25, 0.3) is 0 Å². The van der Waals surface area contributed by atoms with E-state index in [-0.39, 0.29) is 5.92 Å². The fraction of sp³-hybridized carbons (Fsp3) is 0.200. The zero-order valence-corrected chi connectivity index (χ0v) is 21.5. The van der Waals surface area contributed by atoms with Gasteiger partial charge in [-0.05, 0) is 97.5 Å². The van der Waals surface area contributed by atoms with Gasteiger partial charge in [-0.3, -0.25) is 0 Å². The van der Waals surface area contributed by atoms with Crippen LogP contribution in [-0.4, -0.2) is 0 Å². The van der Waals surface area contributed by atoms with Crippen molar-refractivity contribution in [3.05, 3.63) is 94.0 Å². The molecule has 186 valence electrons. The lowest BCUT2D eigenvalue weighted by molar-refractivity contribution is 0.477. The van der Waals surface area contributed by atoms with E-state index in [1.165, 1.54) is 11.1 Å². The number of nitrogens with two attached hydrogens (primary N) is 4. The lowest BCUT2D eigenvalue weighted by atomic mass is 9.88. The molecule has 0 saturated carbocycles. The molecule has 0 fully saturated rings. The van der Waals surface area contributed by atoms with E-state index >= 15 is 0 Å². The molecule has 8 N–H and O–H groups in total. The Hall–Kier alpha value is -4.32. The Kier molecular flexibility index (Phi) is 6.71. The lowest BCUT2D eigenvalue weighted by Gasteiger charge is -2.21. The highest BCUT2D eigenvalue weighted by molar-refractivity contribution is 5.63. The smallest absolute Gasteiger partial charge is 0.150 e. The molecule has 36 heavy (non-hydrogen) atoms. The summed E-state index contributed by atoms with van der Waals surface area (Å²) in [5.41, 5.74) is 32.7. The number of anilines is 4. The van der Waals surface area contributed by atoms with E-state index in [2.05, 4.69) is 58.9 Å². The maximum Gasteiger partial charge on any atom is 0.150 e. The SMILES string of the molecule is Cc1cc(C(C)c2cc(C)c(Oc3ccc(N)cc3N)c(C)c2)cc(C)c1Oc1ccc(N)cc1N. The molecule has 0 saturated heterocycles. The van der Waals surface area contributed by atoms with Crippen molar-refractivity contribution in [2.75, 3.05) is 22.9 Å². The van der Waals surface area contributed by atoms with Crippen molar-refractivity contribution in [2.45, 2.75) is 40.5 Å². The third-order valence-electron chi connectivity index (χ3n) is 6.46. The van der Waals surface area contributed by atoms with Gasteiger partial charge in [0, 0.05) is 17.3 Å². The van der Waals surface area contributed by atoms with Crippen molar-refractivity contribution in [1.29, 1.82) is 0 Å². The molecule has 0 aliphatic heterocycles. The Morgan fingerprint density at radius 1 is 0.528 bits per heavy atom. The van der Waals surface area contributed by atoms with Crippen molar-refractivity contribution in [3.63, 3.8) is 0 Å². The van der Waals surface area contributed by atoms with Gasteiger partial charge in [0.2, 0.25) is 0 Å². The summed E-state index contributed by atoms with van der Waals surface area (Å²) in [4.78, 5) is 0. The molecular weight excluding hydrogens is 448 g/mol. The Labute approximate surface area is 212 Å². The molecule has 6 heteroatoms. The van der Waals surface area contributed by atoms with Gasteiger partial charge in [-0.15, -0.1) is 0 Å². The topological polar surface area (TPSA) is 123 Å². The minimum Gasteiger partial charge on any atom is -0.455 e. The summed E-state index contributed by atoms with van der Waals surface area (Å²) in [5.74, 6) is 2.98. The summed E-state index contributed by atoms with van der Waals surface area (Å²) in [6.45, 7) is 10.4. The second-order valence-corrected chi connectivity index (χ2v) is 9.49. The Balaban J connectivity index is 1.61. The van der Waals surface area contributed by atoms with Crippen LogP contribution in [0.15, 0.2) is 60.7 Å². The molecule has 0 aromatic heterocycles. The molecule has 6 nitrogen and oxygen atoms in total. The van der Waals surface area contributed by atoms with Crippen LogP contribution in [0.4, 0.5) is 22.7 Å².